The van der Waals surface area contributed by atoms with Crippen molar-refractivity contribution in [2.24, 2.45) is 0 Å². The lowest BCUT2D eigenvalue weighted by Gasteiger charge is -2.36. The van der Waals surface area contributed by atoms with Crippen molar-refractivity contribution >= 4 is 5.69 Å². The van der Waals surface area contributed by atoms with Gasteiger partial charge in [-0.25, -0.2) is 0 Å². The molecule has 2 aromatic carbocycles. The van der Waals surface area contributed by atoms with Crippen molar-refractivity contribution in [3.8, 4) is 28.5 Å². The summed E-state index contributed by atoms with van der Waals surface area (Å²) in [6.45, 7) is 5.89. The summed E-state index contributed by atoms with van der Waals surface area (Å²) >= 11 is 0. The van der Waals surface area contributed by atoms with Gasteiger partial charge < -0.3 is 24.4 Å². The van der Waals surface area contributed by atoms with Crippen LogP contribution in [0.25, 0.3) is 11.3 Å². The summed E-state index contributed by atoms with van der Waals surface area (Å²) in [5.74, 6) is 3.12. The number of anilines is 1. The van der Waals surface area contributed by atoms with Crippen LogP contribution in [0.15, 0.2) is 54.7 Å². The zero-order valence-electron chi connectivity index (χ0n) is 23.0. The van der Waals surface area contributed by atoms with Gasteiger partial charge in [0, 0.05) is 35.6 Å². The minimum Gasteiger partial charge on any atom is -0.494 e. The standard InChI is InChI=1S/C32H41N3O3/c1-4-5-18-38-28-10-8-26(9-11-28)35(27-13-15-33-16-14-27)22-23-12-17-34-30(19-23)25-20-29(24-6-7-24)32(37-3)31(21-25)36-2/h8-12,17,19-21,24,27,33H,4-7,13-16,18,22H2,1-3H3. The van der Waals surface area contributed by atoms with E-state index in [1.807, 2.05) is 6.20 Å². The summed E-state index contributed by atoms with van der Waals surface area (Å²) in [5.41, 5.74) is 5.76. The van der Waals surface area contributed by atoms with Crippen LogP contribution in [0.5, 0.6) is 17.2 Å². The van der Waals surface area contributed by atoms with Crippen molar-refractivity contribution in [1.82, 2.24) is 10.3 Å². The average molecular weight is 516 g/mol. The summed E-state index contributed by atoms with van der Waals surface area (Å²) in [6.07, 6.45) is 8.81. The van der Waals surface area contributed by atoms with Crippen LogP contribution in [0, 0.1) is 0 Å². The average Bonchev–Trinajstić information content (AvgIpc) is 3.82. The molecule has 0 amide bonds. The minimum atomic E-state index is 0.488. The molecule has 1 aliphatic carbocycles. The van der Waals surface area contributed by atoms with Gasteiger partial charge in [0.2, 0.25) is 0 Å². The molecule has 0 atom stereocenters. The van der Waals surface area contributed by atoms with Crippen LogP contribution < -0.4 is 24.4 Å². The fraction of sp³-hybridized carbons (Fsp3) is 0.469. The maximum atomic E-state index is 5.92. The molecule has 2 fully saturated rings. The van der Waals surface area contributed by atoms with Crippen molar-refractivity contribution in [2.45, 2.75) is 64.0 Å². The van der Waals surface area contributed by atoms with Gasteiger partial charge in [-0.3, -0.25) is 4.98 Å². The first-order chi connectivity index (χ1) is 18.7. The van der Waals surface area contributed by atoms with E-state index in [1.54, 1.807) is 14.2 Å². The first-order valence-corrected chi connectivity index (χ1v) is 14.1. The number of hydrogen-bond acceptors (Lipinski definition) is 6. The molecule has 2 aliphatic rings. The molecule has 1 N–H and O–H groups in total. The van der Waals surface area contributed by atoms with Crippen molar-refractivity contribution in [1.29, 1.82) is 0 Å². The molecule has 202 valence electrons. The topological polar surface area (TPSA) is 55.9 Å². The van der Waals surface area contributed by atoms with Gasteiger partial charge in [0.25, 0.3) is 0 Å². The third-order valence-electron chi connectivity index (χ3n) is 7.68. The molecule has 5 rings (SSSR count). The van der Waals surface area contributed by atoms with Gasteiger partial charge in [0.05, 0.1) is 26.5 Å². The molecule has 1 aliphatic heterocycles. The molecular formula is C32H41N3O3. The van der Waals surface area contributed by atoms with Gasteiger partial charge in [-0.1, -0.05) is 13.3 Å². The fourth-order valence-corrected chi connectivity index (χ4v) is 5.38. The Morgan fingerprint density at radius 2 is 1.74 bits per heavy atom. The Labute approximate surface area is 227 Å². The Hall–Kier alpha value is -3.25. The molecule has 1 saturated carbocycles. The van der Waals surface area contributed by atoms with E-state index < -0.39 is 0 Å². The Balaban J connectivity index is 1.41. The van der Waals surface area contributed by atoms with Crippen molar-refractivity contribution in [3.63, 3.8) is 0 Å². The highest BCUT2D eigenvalue weighted by molar-refractivity contribution is 5.68. The number of methoxy groups -OCH3 is 2. The number of pyridine rings is 1. The summed E-state index contributed by atoms with van der Waals surface area (Å²) in [5, 5.41) is 3.51. The molecule has 2 heterocycles. The lowest BCUT2D eigenvalue weighted by molar-refractivity contribution is 0.309. The van der Waals surface area contributed by atoms with Crippen LogP contribution in [0.3, 0.4) is 0 Å². The van der Waals surface area contributed by atoms with Gasteiger partial charge >= 0.3 is 0 Å². The lowest BCUT2D eigenvalue weighted by atomic mass is 10.00. The first kappa shape index (κ1) is 26.4. The number of rotatable bonds is 12. The van der Waals surface area contributed by atoms with Crippen LogP contribution >= 0.6 is 0 Å². The number of benzene rings is 2. The summed E-state index contributed by atoms with van der Waals surface area (Å²) in [7, 11) is 3.43. The number of ether oxygens (including phenoxy) is 3. The molecule has 0 bridgehead atoms. The van der Waals surface area contributed by atoms with Gasteiger partial charge in [0.15, 0.2) is 11.5 Å². The second-order valence-electron chi connectivity index (χ2n) is 10.4. The predicted octanol–water partition coefficient (Wildman–Crippen LogP) is 6.58. The van der Waals surface area contributed by atoms with E-state index in [0.717, 1.165) is 80.4 Å². The van der Waals surface area contributed by atoms with Crippen LogP contribution in [0.1, 0.15) is 62.5 Å². The van der Waals surface area contributed by atoms with Crippen LogP contribution in [-0.4, -0.2) is 44.9 Å². The van der Waals surface area contributed by atoms with Gasteiger partial charge in [-0.05, 0) is 105 Å². The molecule has 0 unspecified atom stereocenters. The number of unbranched alkanes of at least 4 members (excludes halogenated alkanes) is 1. The maximum absolute atomic E-state index is 5.92. The monoisotopic (exact) mass is 515 g/mol. The zero-order valence-corrected chi connectivity index (χ0v) is 23.0. The second kappa shape index (κ2) is 12.5. The maximum Gasteiger partial charge on any atom is 0.164 e. The Kier molecular flexibility index (Phi) is 8.69. The first-order valence-electron chi connectivity index (χ1n) is 14.1. The number of nitrogens with zero attached hydrogens (tertiary/aromatic N) is 2. The number of piperidine rings is 1. The van der Waals surface area contributed by atoms with Gasteiger partial charge in [0.1, 0.15) is 5.75 Å². The second-order valence-corrected chi connectivity index (χ2v) is 10.4. The molecule has 3 aromatic rings. The minimum absolute atomic E-state index is 0.488. The molecular weight excluding hydrogens is 474 g/mol. The largest absolute Gasteiger partial charge is 0.494 e. The van der Waals surface area contributed by atoms with E-state index in [1.165, 1.54) is 29.7 Å². The Bertz CT molecular complexity index is 1190. The molecule has 6 heteroatoms. The fourth-order valence-electron chi connectivity index (χ4n) is 5.38. The molecule has 0 spiro atoms. The lowest BCUT2D eigenvalue weighted by Crippen LogP contribution is -2.43. The van der Waals surface area contributed by atoms with Crippen LogP contribution in [0.2, 0.25) is 0 Å². The Morgan fingerprint density at radius 1 is 0.947 bits per heavy atom. The SMILES string of the molecule is CCCCOc1ccc(N(Cc2ccnc(-c3cc(OC)c(OC)c(C4CC4)c3)c2)C2CCNCC2)cc1. The van der Waals surface area contributed by atoms with E-state index >= 15 is 0 Å². The van der Waals surface area contributed by atoms with E-state index in [0.29, 0.717) is 12.0 Å². The Morgan fingerprint density at radius 3 is 2.42 bits per heavy atom. The predicted molar refractivity (Wildman–Crippen MR) is 154 cm³/mol. The summed E-state index contributed by atoms with van der Waals surface area (Å²) in [4.78, 5) is 7.32. The van der Waals surface area contributed by atoms with E-state index in [-0.39, 0.29) is 0 Å². The van der Waals surface area contributed by atoms with Crippen molar-refractivity contribution < 1.29 is 14.2 Å². The molecule has 1 saturated heterocycles. The normalized spacial score (nSPS) is 15.8. The van der Waals surface area contributed by atoms with Gasteiger partial charge in [-0.2, -0.15) is 0 Å². The molecule has 6 nitrogen and oxygen atoms in total. The van der Waals surface area contributed by atoms with Crippen LogP contribution in [-0.2, 0) is 6.54 Å². The molecule has 0 radical (unpaired) electrons. The van der Waals surface area contributed by atoms with Crippen molar-refractivity contribution in [2.75, 3.05) is 38.8 Å². The van der Waals surface area contributed by atoms with Crippen molar-refractivity contribution in [3.05, 3.63) is 65.9 Å². The molecule has 1 aromatic heterocycles. The van der Waals surface area contributed by atoms with Gasteiger partial charge in [-0.15, -0.1) is 0 Å². The molecule has 38 heavy (non-hydrogen) atoms. The number of nitrogens with one attached hydrogen (secondary N) is 1. The highest BCUT2D eigenvalue weighted by atomic mass is 16.5. The van der Waals surface area contributed by atoms with E-state index in [4.69, 9.17) is 19.2 Å². The quantitative estimate of drug-likeness (QED) is 0.275. The zero-order chi connectivity index (χ0) is 26.3. The smallest absolute Gasteiger partial charge is 0.164 e. The number of aromatic nitrogens is 1. The van der Waals surface area contributed by atoms with Crippen LogP contribution in [0.4, 0.5) is 5.69 Å². The third-order valence-corrected chi connectivity index (χ3v) is 7.68. The third kappa shape index (κ3) is 6.24. The van der Waals surface area contributed by atoms with E-state index in [2.05, 4.69) is 65.7 Å². The highest BCUT2D eigenvalue weighted by Crippen LogP contribution is 2.49. The summed E-state index contributed by atoms with van der Waals surface area (Å²) < 4.78 is 17.4. The van der Waals surface area contributed by atoms with E-state index in [9.17, 15) is 0 Å². The summed E-state index contributed by atoms with van der Waals surface area (Å²) in [6, 6.07) is 17.8. The highest BCUT2D eigenvalue weighted by Gasteiger charge is 2.29. The number of hydrogen-bond donors (Lipinski definition) is 1.